The number of aryl methyl sites for hydroxylation is 1. The van der Waals surface area contributed by atoms with Crippen LogP contribution in [0.15, 0.2) is 24.3 Å². The van der Waals surface area contributed by atoms with Gasteiger partial charge >= 0.3 is 5.97 Å². The lowest BCUT2D eigenvalue weighted by Gasteiger charge is -2.24. The van der Waals surface area contributed by atoms with Crippen LogP contribution in [0.25, 0.3) is 0 Å². The van der Waals surface area contributed by atoms with Crippen molar-refractivity contribution in [1.29, 1.82) is 0 Å². The lowest BCUT2D eigenvalue weighted by Crippen LogP contribution is -2.16. The highest BCUT2D eigenvalue weighted by atomic mass is 16.5. The second kappa shape index (κ2) is 4.47. The molecule has 1 aromatic carbocycles. The number of fused-ring (bicyclic) bond motifs is 1. The van der Waals surface area contributed by atoms with Crippen molar-refractivity contribution in [2.24, 2.45) is 0 Å². The Bertz CT molecular complexity index is 357. The average Bonchev–Trinajstić information content (AvgIpc) is 2.26. The minimum atomic E-state index is -0.182. The number of rotatable bonds is 2. The molecule has 0 aliphatic heterocycles. The second-order valence-corrected chi connectivity index (χ2v) is 4.09. The van der Waals surface area contributed by atoms with E-state index in [0.29, 0.717) is 12.5 Å². The van der Waals surface area contributed by atoms with E-state index in [-0.39, 0.29) is 5.97 Å². The molecule has 0 N–H and O–H groups in total. The third-order valence-electron chi connectivity index (χ3n) is 2.98. The molecule has 1 atom stereocenters. The molecule has 0 saturated carbocycles. The molecule has 0 unspecified atom stereocenters. The van der Waals surface area contributed by atoms with E-state index in [4.69, 9.17) is 4.74 Å². The molecular weight excluding hydrogens is 188 g/mol. The SMILES string of the molecule is CC(=O)OC[C@@H]1CCCc2ccccc21. The number of ether oxygens (including phenoxy) is 1. The fourth-order valence-corrected chi connectivity index (χ4v) is 2.25. The summed E-state index contributed by atoms with van der Waals surface area (Å²) in [6, 6.07) is 8.47. The van der Waals surface area contributed by atoms with E-state index < -0.39 is 0 Å². The summed E-state index contributed by atoms with van der Waals surface area (Å²) in [4.78, 5) is 10.8. The van der Waals surface area contributed by atoms with Crippen LogP contribution in [-0.2, 0) is 16.0 Å². The van der Waals surface area contributed by atoms with Crippen LogP contribution >= 0.6 is 0 Å². The summed E-state index contributed by atoms with van der Waals surface area (Å²) in [5, 5.41) is 0. The Morgan fingerprint density at radius 1 is 1.47 bits per heavy atom. The summed E-state index contributed by atoms with van der Waals surface area (Å²) in [6.45, 7) is 2.00. The molecule has 15 heavy (non-hydrogen) atoms. The van der Waals surface area contributed by atoms with Crippen molar-refractivity contribution in [1.82, 2.24) is 0 Å². The van der Waals surface area contributed by atoms with E-state index in [1.807, 2.05) is 0 Å². The van der Waals surface area contributed by atoms with Crippen LogP contribution in [0, 0.1) is 0 Å². The Labute approximate surface area is 90.3 Å². The lowest BCUT2D eigenvalue weighted by atomic mass is 9.83. The largest absolute Gasteiger partial charge is 0.465 e. The van der Waals surface area contributed by atoms with Crippen LogP contribution in [0.2, 0.25) is 0 Å². The Morgan fingerprint density at radius 2 is 2.27 bits per heavy atom. The van der Waals surface area contributed by atoms with Crippen molar-refractivity contribution in [2.45, 2.75) is 32.1 Å². The molecule has 0 fully saturated rings. The second-order valence-electron chi connectivity index (χ2n) is 4.09. The molecule has 1 aliphatic rings. The van der Waals surface area contributed by atoms with Crippen molar-refractivity contribution in [3.8, 4) is 0 Å². The highest BCUT2D eigenvalue weighted by Gasteiger charge is 2.20. The zero-order valence-corrected chi connectivity index (χ0v) is 9.03. The zero-order chi connectivity index (χ0) is 10.7. The maximum atomic E-state index is 10.8. The first-order valence-electron chi connectivity index (χ1n) is 5.48. The molecule has 0 saturated heterocycles. The fraction of sp³-hybridized carbons (Fsp3) is 0.462. The third-order valence-corrected chi connectivity index (χ3v) is 2.98. The van der Waals surface area contributed by atoms with Crippen LogP contribution in [0.3, 0.4) is 0 Å². The normalized spacial score (nSPS) is 19.4. The van der Waals surface area contributed by atoms with Crippen molar-refractivity contribution < 1.29 is 9.53 Å². The summed E-state index contributed by atoms with van der Waals surface area (Å²) in [5.74, 6) is 0.219. The average molecular weight is 204 g/mol. The molecule has 80 valence electrons. The Kier molecular flexibility index (Phi) is 3.05. The first-order chi connectivity index (χ1) is 7.27. The highest BCUT2D eigenvalue weighted by molar-refractivity contribution is 5.66. The van der Waals surface area contributed by atoms with Crippen LogP contribution < -0.4 is 0 Å². The molecule has 0 radical (unpaired) electrons. The van der Waals surface area contributed by atoms with E-state index >= 15 is 0 Å². The van der Waals surface area contributed by atoms with Gasteiger partial charge in [-0.25, -0.2) is 0 Å². The van der Waals surface area contributed by atoms with Gasteiger partial charge in [0.05, 0.1) is 6.61 Å². The van der Waals surface area contributed by atoms with E-state index in [1.54, 1.807) is 0 Å². The molecule has 0 aromatic heterocycles. The van der Waals surface area contributed by atoms with E-state index in [9.17, 15) is 4.79 Å². The van der Waals surface area contributed by atoms with Gasteiger partial charge in [0, 0.05) is 12.8 Å². The van der Waals surface area contributed by atoms with Gasteiger partial charge in [0.2, 0.25) is 0 Å². The maximum Gasteiger partial charge on any atom is 0.302 e. The van der Waals surface area contributed by atoms with Crippen LogP contribution in [-0.4, -0.2) is 12.6 Å². The van der Waals surface area contributed by atoms with Gasteiger partial charge in [0.15, 0.2) is 0 Å². The van der Waals surface area contributed by atoms with Gasteiger partial charge in [-0.1, -0.05) is 24.3 Å². The van der Waals surface area contributed by atoms with Gasteiger partial charge in [-0.15, -0.1) is 0 Å². The number of hydrogen-bond donors (Lipinski definition) is 0. The Balaban J connectivity index is 2.11. The monoisotopic (exact) mass is 204 g/mol. The predicted molar refractivity (Wildman–Crippen MR) is 58.8 cm³/mol. The molecule has 0 spiro atoms. The van der Waals surface area contributed by atoms with E-state index in [2.05, 4.69) is 24.3 Å². The molecule has 0 bridgehead atoms. The highest BCUT2D eigenvalue weighted by Crippen LogP contribution is 2.31. The van der Waals surface area contributed by atoms with Gasteiger partial charge < -0.3 is 4.74 Å². The molecule has 0 amide bonds. The summed E-state index contributed by atoms with van der Waals surface area (Å²) in [5.41, 5.74) is 2.78. The number of hydrogen-bond acceptors (Lipinski definition) is 2. The summed E-state index contributed by atoms with van der Waals surface area (Å²) >= 11 is 0. The minimum absolute atomic E-state index is 0.182. The van der Waals surface area contributed by atoms with Crippen LogP contribution in [0.1, 0.15) is 36.8 Å². The van der Waals surface area contributed by atoms with Crippen LogP contribution in [0.4, 0.5) is 0 Å². The molecule has 2 heteroatoms. The number of carbonyl (C=O) groups excluding carboxylic acids is 1. The van der Waals surface area contributed by atoms with Gasteiger partial charge in [0.1, 0.15) is 0 Å². The molecule has 2 rings (SSSR count). The van der Waals surface area contributed by atoms with Crippen LogP contribution in [0.5, 0.6) is 0 Å². The Morgan fingerprint density at radius 3 is 3.07 bits per heavy atom. The summed E-state index contributed by atoms with van der Waals surface area (Å²) < 4.78 is 5.10. The molecule has 1 aromatic rings. The van der Waals surface area contributed by atoms with Crippen molar-refractivity contribution in [3.63, 3.8) is 0 Å². The quantitative estimate of drug-likeness (QED) is 0.692. The molecular formula is C13H16O2. The standard InChI is InChI=1S/C13H16O2/c1-10(14)15-9-12-7-4-6-11-5-2-3-8-13(11)12/h2-3,5,8,12H,4,6-7,9H2,1H3/t12-/m0/s1. The van der Waals surface area contributed by atoms with Crippen molar-refractivity contribution in [2.75, 3.05) is 6.61 Å². The number of esters is 1. The summed E-state index contributed by atoms with van der Waals surface area (Å²) in [7, 11) is 0. The molecule has 0 heterocycles. The lowest BCUT2D eigenvalue weighted by molar-refractivity contribution is -0.141. The van der Waals surface area contributed by atoms with Crippen molar-refractivity contribution >= 4 is 5.97 Å². The summed E-state index contributed by atoms with van der Waals surface area (Å²) in [6.07, 6.45) is 3.49. The van der Waals surface area contributed by atoms with Gasteiger partial charge in [-0.3, -0.25) is 4.79 Å². The smallest absolute Gasteiger partial charge is 0.302 e. The minimum Gasteiger partial charge on any atom is -0.465 e. The first-order valence-corrected chi connectivity index (χ1v) is 5.48. The fourth-order valence-electron chi connectivity index (χ4n) is 2.25. The maximum absolute atomic E-state index is 10.8. The van der Waals surface area contributed by atoms with Crippen molar-refractivity contribution in [3.05, 3.63) is 35.4 Å². The molecule has 2 nitrogen and oxygen atoms in total. The topological polar surface area (TPSA) is 26.3 Å². The van der Waals surface area contributed by atoms with Gasteiger partial charge in [-0.05, 0) is 30.4 Å². The predicted octanol–water partition coefficient (Wildman–Crippen LogP) is 2.67. The number of carbonyl (C=O) groups is 1. The van der Waals surface area contributed by atoms with Gasteiger partial charge in [0.25, 0.3) is 0 Å². The molecule has 1 aliphatic carbocycles. The van der Waals surface area contributed by atoms with E-state index in [1.165, 1.54) is 24.5 Å². The third kappa shape index (κ3) is 2.38. The Hall–Kier alpha value is -1.31. The zero-order valence-electron chi connectivity index (χ0n) is 9.03. The van der Waals surface area contributed by atoms with E-state index in [0.717, 1.165) is 12.8 Å². The first kappa shape index (κ1) is 10.2. The van der Waals surface area contributed by atoms with Gasteiger partial charge in [-0.2, -0.15) is 0 Å². The number of benzene rings is 1.